The Morgan fingerprint density at radius 3 is 2.67 bits per heavy atom. The Morgan fingerprint density at radius 2 is 2.08 bits per heavy atom. The largest absolute Gasteiger partial charge is 0.401 e. The van der Waals surface area contributed by atoms with Gasteiger partial charge in [0.05, 0.1) is 6.07 Å². The smallest absolute Gasteiger partial charge is 0.0930 e. The van der Waals surface area contributed by atoms with E-state index in [9.17, 15) is 0 Å². The van der Waals surface area contributed by atoms with Gasteiger partial charge in [-0.05, 0) is 12.3 Å². The molecular formula is C10H16N2. The normalized spacial score (nSPS) is 20.4. The Kier molecular flexibility index (Phi) is 3.66. The van der Waals surface area contributed by atoms with Crippen LogP contribution in [0.25, 0.3) is 0 Å². The second-order valence-corrected chi connectivity index (χ2v) is 3.56. The van der Waals surface area contributed by atoms with Crippen LogP contribution in [0.1, 0.15) is 38.5 Å². The minimum Gasteiger partial charge on any atom is -0.401 e. The van der Waals surface area contributed by atoms with E-state index in [4.69, 9.17) is 11.0 Å². The number of nitrogens with two attached hydrogens (primary N) is 1. The van der Waals surface area contributed by atoms with Gasteiger partial charge in [0.2, 0.25) is 0 Å². The van der Waals surface area contributed by atoms with E-state index in [0.717, 1.165) is 18.0 Å². The van der Waals surface area contributed by atoms with Crippen molar-refractivity contribution in [3.8, 4) is 6.07 Å². The van der Waals surface area contributed by atoms with Gasteiger partial charge in [-0.1, -0.05) is 32.1 Å². The minimum absolute atomic E-state index is 0.739. The van der Waals surface area contributed by atoms with Crippen molar-refractivity contribution in [1.29, 1.82) is 5.26 Å². The van der Waals surface area contributed by atoms with Gasteiger partial charge >= 0.3 is 0 Å². The first-order valence-electron chi connectivity index (χ1n) is 4.67. The third-order valence-electron chi connectivity index (χ3n) is 2.50. The summed E-state index contributed by atoms with van der Waals surface area (Å²) in [5, 5.41) is 8.36. The Labute approximate surface area is 74.1 Å². The molecule has 2 nitrogen and oxygen atoms in total. The van der Waals surface area contributed by atoms with Crippen LogP contribution in [0, 0.1) is 17.2 Å². The molecule has 0 amide bonds. The number of hydrogen-bond donors (Lipinski definition) is 1. The molecule has 0 bridgehead atoms. The lowest BCUT2D eigenvalue weighted by Crippen LogP contribution is -2.10. The monoisotopic (exact) mass is 164 g/mol. The van der Waals surface area contributed by atoms with E-state index in [-0.39, 0.29) is 0 Å². The number of allylic oxidation sites excluding steroid dienone is 2. The summed E-state index contributed by atoms with van der Waals surface area (Å²) in [7, 11) is 0. The standard InChI is InChI=1S/C10H16N2/c11-7-6-10(12)8-9-4-2-1-3-5-9/h6,9H,1-5,8,12H2/b10-6-. The quantitative estimate of drug-likeness (QED) is 0.637. The zero-order valence-corrected chi connectivity index (χ0v) is 7.42. The van der Waals surface area contributed by atoms with Crippen molar-refractivity contribution in [2.24, 2.45) is 11.7 Å². The first-order valence-corrected chi connectivity index (χ1v) is 4.67. The third-order valence-corrected chi connectivity index (χ3v) is 2.50. The van der Waals surface area contributed by atoms with Gasteiger partial charge in [-0.15, -0.1) is 0 Å². The van der Waals surface area contributed by atoms with Gasteiger partial charge in [-0.25, -0.2) is 0 Å². The molecule has 1 aliphatic carbocycles. The van der Waals surface area contributed by atoms with E-state index in [0.29, 0.717) is 0 Å². The van der Waals surface area contributed by atoms with E-state index in [1.165, 1.54) is 38.2 Å². The molecule has 0 aromatic heterocycles. The van der Waals surface area contributed by atoms with Crippen LogP contribution in [0.15, 0.2) is 11.8 Å². The molecule has 0 spiro atoms. The van der Waals surface area contributed by atoms with Crippen LogP contribution in [0.5, 0.6) is 0 Å². The fourth-order valence-corrected chi connectivity index (χ4v) is 1.87. The molecule has 2 N–H and O–H groups in total. The van der Waals surface area contributed by atoms with Gasteiger partial charge in [0.25, 0.3) is 0 Å². The molecule has 2 heteroatoms. The lowest BCUT2D eigenvalue weighted by atomic mass is 9.86. The molecular weight excluding hydrogens is 148 g/mol. The van der Waals surface area contributed by atoms with Gasteiger partial charge in [0.1, 0.15) is 0 Å². The van der Waals surface area contributed by atoms with E-state index in [2.05, 4.69) is 0 Å². The van der Waals surface area contributed by atoms with Crippen LogP contribution in [0.4, 0.5) is 0 Å². The topological polar surface area (TPSA) is 49.8 Å². The van der Waals surface area contributed by atoms with Crippen LogP contribution >= 0.6 is 0 Å². The molecule has 0 unspecified atom stereocenters. The van der Waals surface area contributed by atoms with Crippen LogP contribution in [-0.2, 0) is 0 Å². The molecule has 1 rings (SSSR count). The zero-order valence-electron chi connectivity index (χ0n) is 7.42. The van der Waals surface area contributed by atoms with Gasteiger partial charge in [-0.3, -0.25) is 0 Å². The summed E-state index contributed by atoms with van der Waals surface area (Å²) in [6.45, 7) is 0. The lowest BCUT2D eigenvalue weighted by molar-refractivity contribution is 0.355. The highest BCUT2D eigenvalue weighted by molar-refractivity contribution is 5.10. The number of hydrogen-bond acceptors (Lipinski definition) is 2. The van der Waals surface area contributed by atoms with Crippen molar-refractivity contribution < 1.29 is 0 Å². The third kappa shape index (κ3) is 2.96. The first kappa shape index (κ1) is 9.12. The Bertz CT molecular complexity index is 194. The van der Waals surface area contributed by atoms with Gasteiger partial charge < -0.3 is 5.73 Å². The van der Waals surface area contributed by atoms with Crippen molar-refractivity contribution >= 4 is 0 Å². The first-order chi connectivity index (χ1) is 5.83. The summed E-state index contributed by atoms with van der Waals surface area (Å²) in [6, 6.07) is 1.97. The summed E-state index contributed by atoms with van der Waals surface area (Å²) < 4.78 is 0. The van der Waals surface area contributed by atoms with Crippen LogP contribution in [0.3, 0.4) is 0 Å². The zero-order chi connectivity index (χ0) is 8.81. The number of rotatable bonds is 2. The Balaban J connectivity index is 2.30. The maximum Gasteiger partial charge on any atom is 0.0930 e. The average Bonchev–Trinajstić information content (AvgIpc) is 2.06. The summed E-state index contributed by atoms with van der Waals surface area (Å²) in [4.78, 5) is 0. The molecule has 1 aliphatic rings. The molecule has 0 heterocycles. The number of nitrogens with zero attached hydrogens (tertiary/aromatic N) is 1. The lowest BCUT2D eigenvalue weighted by Gasteiger charge is -2.21. The summed E-state index contributed by atoms with van der Waals surface area (Å²) in [5.74, 6) is 0.739. The summed E-state index contributed by atoms with van der Waals surface area (Å²) in [6.07, 6.45) is 9.02. The van der Waals surface area contributed by atoms with Crippen molar-refractivity contribution in [3.05, 3.63) is 11.8 Å². The van der Waals surface area contributed by atoms with Gasteiger partial charge in [-0.2, -0.15) is 5.26 Å². The summed E-state index contributed by atoms with van der Waals surface area (Å²) in [5.41, 5.74) is 6.41. The van der Waals surface area contributed by atoms with E-state index < -0.39 is 0 Å². The predicted octanol–water partition coefficient (Wildman–Crippen LogP) is 2.32. The molecule has 0 atom stereocenters. The molecule has 0 aliphatic heterocycles. The SMILES string of the molecule is N#C/C=C(\N)CC1CCCCC1. The molecule has 1 saturated carbocycles. The van der Waals surface area contributed by atoms with Gasteiger partial charge in [0, 0.05) is 11.8 Å². The molecule has 0 radical (unpaired) electrons. The average molecular weight is 164 g/mol. The van der Waals surface area contributed by atoms with Gasteiger partial charge in [0.15, 0.2) is 0 Å². The van der Waals surface area contributed by atoms with Crippen LogP contribution < -0.4 is 5.73 Å². The molecule has 0 saturated heterocycles. The minimum atomic E-state index is 0.739. The van der Waals surface area contributed by atoms with E-state index in [1.54, 1.807) is 0 Å². The molecule has 12 heavy (non-hydrogen) atoms. The van der Waals surface area contributed by atoms with Crippen molar-refractivity contribution in [1.82, 2.24) is 0 Å². The fraction of sp³-hybridized carbons (Fsp3) is 0.700. The highest BCUT2D eigenvalue weighted by Crippen LogP contribution is 2.27. The Hall–Kier alpha value is -0.970. The Morgan fingerprint density at radius 1 is 1.42 bits per heavy atom. The molecule has 1 fully saturated rings. The maximum atomic E-state index is 8.36. The molecule has 66 valence electrons. The highest BCUT2D eigenvalue weighted by atomic mass is 14.6. The van der Waals surface area contributed by atoms with Crippen LogP contribution in [0.2, 0.25) is 0 Å². The molecule has 0 aromatic carbocycles. The van der Waals surface area contributed by atoms with E-state index >= 15 is 0 Å². The van der Waals surface area contributed by atoms with Crippen molar-refractivity contribution in [3.63, 3.8) is 0 Å². The number of nitriles is 1. The van der Waals surface area contributed by atoms with Crippen molar-refractivity contribution in [2.45, 2.75) is 38.5 Å². The second-order valence-electron chi connectivity index (χ2n) is 3.56. The fourth-order valence-electron chi connectivity index (χ4n) is 1.87. The van der Waals surface area contributed by atoms with Crippen molar-refractivity contribution in [2.75, 3.05) is 0 Å². The summed E-state index contributed by atoms with van der Waals surface area (Å²) >= 11 is 0. The molecule has 0 aromatic rings. The predicted molar refractivity (Wildman–Crippen MR) is 49.1 cm³/mol. The van der Waals surface area contributed by atoms with E-state index in [1.807, 2.05) is 6.07 Å². The van der Waals surface area contributed by atoms with Crippen LogP contribution in [-0.4, -0.2) is 0 Å². The second kappa shape index (κ2) is 4.82. The maximum absolute atomic E-state index is 8.36. The highest BCUT2D eigenvalue weighted by Gasteiger charge is 2.13.